The number of hydrogen-bond donors (Lipinski definition) is 2. The van der Waals surface area contributed by atoms with Gasteiger partial charge >= 0.3 is 6.03 Å². The molecule has 1 aliphatic rings. The molecule has 1 aromatic rings. The van der Waals surface area contributed by atoms with E-state index in [-0.39, 0.29) is 12.1 Å². The Bertz CT molecular complexity index is 460. The molecule has 1 fully saturated rings. The molecule has 1 heterocycles. The first kappa shape index (κ1) is 13.7. The van der Waals surface area contributed by atoms with Gasteiger partial charge in [0.25, 0.3) is 0 Å². The Morgan fingerprint density at radius 2 is 2.32 bits per heavy atom. The average Bonchev–Trinajstić information content (AvgIpc) is 2.77. The van der Waals surface area contributed by atoms with Crippen LogP contribution in [0.4, 0.5) is 4.79 Å². The quantitative estimate of drug-likeness (QED) is 0.844. The summed E-state index contributed by atoms with van der Waals surface area (Å²) in [4.78, 5) is 13.1. The number of ether oxygens (including phenoxy) is 1. The predicted octanol–water partition coefficient (Wildman–Crippen LogP) is 1.42. The second-order valence-electron chi connectivity index (χ2n) is 4.88. The minimum Gasteiger partial charge on any atom is -0.491 e. The number of carbonyl (C=O) groups excluding carboxylic acids is 1. The molecule has 1 aromatic carbocycles. The Morgan fingerprint density at radius 3 is 2.89 bits per heavy atom. The van der Waals surface area contributed by atoms with Crippen molar-refractivity contribution in [1.82, 2.24) is 10.2 Å². The number of rotatable bonds is 5. The van der Waals surface area contributed by atoms with Crippen LogP contribution in [-0.4, -0.2) is 37.2 Å². The molecule has 0 saturated carbocycles. The Kier molecular flexibility index (Phi) is 4.27. The third kappa shape index (κ3) is 3.38. The molecule has 5 heteroatoms. The summed E-state index contributed by atoms with van der Waals surface area (Å²) >= 11 is 0. The summed E-state index contributed by atoms with van der Waals surface area (Å²) in [7, 11) is 0. The molecule has 1 aliphatic heterocycles. The van der Waals surface area contributed by atoms with Crippen molar-refractivity contribution in [3.8, 4) is 5.75 Å². The molecule has 0 spiro atoms. The van der Waals surface area contributed by atoms with E-state index in [1.54, 1.807) is 4.90 Å². The third-order valence-corrected chi connectivity index (χ3v) is 3.29. The minimum atomic E-state index is -0.00683. The van der Waals surface area contributed by atoms with Crippen LogP contribution in [0, 0.1) is 6.92 Å². The highest BCUT2D eigenvalue weighted by Crippen LogP contribution is 2.21. The Balaban J connectivity index is 1.87. The molecule has 0 unspecified atom stereocenters. The fraction of sp³-hybridized carbons (Fsp3) is 0.500. The molecule has 0 aliphatic carbocycles. The van der Waals surface area contributed by atoms with E-state index in [1.807, 2.05) is 32.0 Å². The van der Waals surface area contributed by atoms with Gasteiger partial charge < -0.3 is 20.7 Å². The zero-order valence-corrected chi connectivity index (χ0v) is 11.5. The van der Waals surface area contributed by atoms with Gasteiger partial charge in [-0.15, -0.1) is 0 Å². The van der Waals surface area contributed by atoms with E-state index in [0.29, 0.717) is 13.2 Å². The first-order valence-electron chi connectivity index (χ1n) is 6.59. The minimum absolute atomic E-state index is 0.00683. The molecule has 2 amide bonds. The van der Waals surface area contributed by atoms with E-state index in [9.17, 15) is 4.79 Å². The largest absolute Gasteiger partial charge is 0.491 e. The smallest absolute Gasteiger partial charge is 0.317 e. The van der Waals surface area contributed by atoms with Gasteiger partial charge in [-0.1, -0.05) is 12.1 Å². The lowest BCUT2D eigenvalue weighted by molar-refractivity contribution is 0.202. The maximum Gasteiger partial charge on any atom is 0.317 e. The first-order chi connectivity index (χ1) is 9.08. The number of nitrogens with two attached hydrogens (primary N) is 1. The van der Waals surface area contributed by atoms with Gasteiger partial charge in [-0.2, -0.15) is 0 Å². The van der Waals surface area contributed by atoms with Crippen molar-refractivity contribution in [2.24, 2.45) is 5.73 Å². The van der Waals surface area contributed by atoms with E-state index >= 15 is 0 Å². The molecule has 5 nitrogen and oxygen atoms in total. The van der Waals surface area contributed by atoms with E-state index in [1.165, 1.54) is 0 Å². The van der Waals surface area contributed by atoms with Crippen LogP contribution in [0.2, 0.25) is 0 Å². The van der Waals surface area contributed by atoms with Crippen LogP contribution >= 0.6 is 0 Å². The normalized spacial score (nSPS) is 16.4. The van der Waals surface area contributed by atoms with Crippen LogP contribution < -0.4 is 15.8 Å². The third-order valence-electron chi connectivity index (χ3n) is 3.29. The topological polar surface area (TPSA) is 67.6 Å². The Hall–Kier alpha value is -1.75. The molecular weight excluding hydrogens is 242 g/mol. The van der Waals surface area contributed by atoms with Gasteiger partial charge in [0.1, 0.15) is 12.4 Å². The number of amides is 2. The van der Waals surface area contributed by atoms with Crippen molar-refractivity contribution in [2.45, 2.75) is 19.9 Å². The number of urea groups is 1. The number of aryl methyl sites for hydroxylation is 1. The van der Waals surface area contributed by atoms with Gasteiger partial charge in [-0.05, 0) is 31.0 Å². The molecule has 2 rings (SSSR count). The van der Waals surface area contributed by atoms with Crippen molar-refractivity contribution < 1.29 is 9.53 Å². The van der Waals surface area contributed by atoms with Crippen LogP contribution in [0.1, 0.15) is 24.1 Å². The van der Waals surface area contributed by atoms with Crippen LogP contribution in [0.3, 0.4) is 0 Å². The highest BCUT2D eigenvalue weighted by atomic mass is 16.5. The number of nitrogens with zero attached hydrogens (tertiary/aromatic N) is 1. The standard InChI is InChI=1S/C14H21N3O2/c1-10-9-12(11(2)15)3-4-13(10)19-8-7-17-6-5-16-14(17)18/h3-4,9,11H,5-8,15H2,1-2H3,(H,16,18)/t11-/m0/s1. The second kappa shape index (κ2) is 5.93. The van der Waals surface area contributed by atoms with Gasteiger partial charge in [0.2, 0.25) is 0 Å². The Labute approximate surface area is 113 Å². The molecule has 1 saturated heterocycles. The summed E-state index contributed by atoms with van der Waals surface area (Å²) in [6.07, 6.45) is 0. The number of benzene rings is 1. The summed E-state index contributed by atoms with van der Waals surface area (Å²) in [5, 5.41) is 2.77. The summed E-state index contributed by atoms with van der Waals surface area (Å²) in [5.74, 6) is 0.851. The van der Waals surface area contributed by atoms with Gasteiger partial charge in [-0.25, -0.2) is 4.79 Å². The average molecular weight is 263 g/mol. The van der Waals surface area contributed by atoms with E-state index < -0.39 is 0 Å². The highest BCUT2D eigenvalue weighted by Gasteiger charge is 2.18. The van der Waals surface area contributed by atoms with Crippen molar-refractivity contribution in [3.05, 3.63) is 29.3 Å². The maximum absolute atomic E-state index is 11.3. The number of nitrogens with one attached hydrogen (secondary N) is 1. The van der Waals surface area contributed by atoms with E-state index in [4.69, 9.17) is 10.5 Å². The number of carbonyl (C=O) groups is 1. The summed E-state index contributed by atoms with van der Waals surface area (Å²) < 4.78 is 5.72. The van der Waals surface area contributed by atoms with Gasteiger partial charge in [0.05, 0.1) is 6.54 Å². The maximum atomic E-state index is 11.3. The van der Waals surface area contributed by atoms with Gasteiger partial charge in [-0.3, -0.25) is 0 Å². The van der Waals surface area contributed by atoms with E-state index in [0.717, 1.165) is 30.0 Å². The lowest BCUT2D eigenvalue weighted by Gasteiger charge is -2.16. The number of hydrogen-bond acceptors (Lipinski definition) is 3. The van der Waals surface area contributed by atoms with Crippen LogP contribution in [-0.2, 0) is 0 Å². The molecule has 0 radical (unpaired) electrons. The van der Waals surface area contributed by atoms with E-state index in [2.05, 4.69) is 5.32 Å². The van der Waals surface area contributed by atoms with Crippen LogP contribution in [0.15, 0.2) is 18.2 Å². The molecule has 19 heavy (non-hydrogen) atoms. The van der Waals surface area contributed by atoms with Crippen molar-refractivity contribution in [2.75, 3.05) is 26.2 Å². The monoisotopic (exact) mass is 263 g/mol. The molecule has 3 N–H and O–H groups in total. The van der Waals surface area contributed by atoms with Crippen LogP contribution in [0.5, 0.6) is 5.75 Å². The molecule has 0 bridgehead atoms. The highest BCUT2D eigenvalue weighted by molar-refractivity contribution is 5.76. The second-order valence-corrected chi connectivity index (χ2v) is 4.88. The summed E-state index contributed by atoms with van der Waals surface area (Å²) in [5.41, 5.74) is 8.01. The zero-order chi connectivity index (χ0) is 13.8. The van der Waals surface area contributed by atoms with Gasteiger partial charge in [0.15, 0.2) is 0 Å². The fourth-order valence-electron chi connectivity index (χ4n) is 2.11. The van der Waals surface area contributed by atoms with Crippen molar-refractivity contribution in [1.29, 1.82) is 0 Å². The summed E-state index contributed by atoms with van der Waals surface area (Å²) in [6.45, 7) is 6.56. The predicted molar refractivity (Wildman–Crippen MR) is 74.2 cm³/mol. The molecular formula is C14H21N3O2. The summed E-state index contributed by atoms with van der Waals surface area (Å²) in [6, 6.07) is 5.99. The Morgan fingerprint density at radius 1 is 1.53 bits per heavy atom. The van der Waals surface area contributed by atoms with Gasteiger partial charge in [0, 0.05) is 19.1 Å². The first-order valence-corrected chi connectivity index (χ1v) is 6.59. The molecule has 104 valence electrons. The lowest BCUT2D eigenvalue weighted by atomic mass is 10.1. The lowest BCUT2D eigenvalue weighted by Crippen LogP contribution is -2.31. The van der Waals surface area contributed by atoms with Crippen molar-refractivity contribution >= 4 is 6.03 Å². The molecule has 1 atom stereocenters. The zero-order valence-electron chi connectivity index (χ0n) is 11.5. The fourth-order valence-corrected chi connectivity index (χ4v) is 2.11. The SMILES string of the molecule is Cc1cc([C@H](C)N)ccc1OCCN1CCNC1=O. The van der Waals surface area contributed by atoms with Crippen molar-refractivity contribution in [3.63, 3.8) is 0 Å². The van der Waals surface area contributed by atoms with Crippen LogP contribution in [0.25, 0.3) is 0 Å². The molecule has 0 aromatic heterocycles.